The SMILES string of the molecule is Cc1cc(-n2ccc(C)n2)nc(C(=O)O)n1. The Balaban J connectivity index is 2.53. The van der Waals surface area contributed by atoms with E-state index in [0.29, 0.717) is 11.5 Å². The summed E-state index contributed by atoms with van der Waals surface area (Å²) in [5.41, 5.74) is 1.43. The number of nitrogens with zero attached hydrogens (tertiary/aromatic N) is 4. The van der Waals surface area contributed by atoms with Gasteiger partial charge in [0.05, 0.1) is 5.69 Å². The lowest BCUT2D eigenvalue weighted by atomic mass is 10.4. The second-order valence-electron chi connectivity index (χ2n) is 3.40. The highest BCUT2D eigenvalue weighted by Gasteiger charge is 2.10. The molecule has 6 nitrogen and oxygen atoms in total. The first-order chi connectivity index (χ1) is 7.56. The summed E-state index contributed by atoms with van der Waals surface area (Å²) in [6, 6.07) is 3.50. The Labute approximate surface area is 91.6 Å². The number of hydrogen-bond acceptors (Lipinski definition) is 4. The van der Waals surface area contributed by atoms with E-state index >= 15 is 0 Å². The molecule has 0 bridgehead atoms. The van der Waals surface area contributed by atoms with Crippen molar-refractivity contribution in [1.29, 1.82) is 0 Å². The maximum absolute atomic E-state index is 10.8. The lowest BCUT2D eigenvalue weighted by molar-refractivity contribution is 0.0683. The van der Waals surface area contributed by atoms with Crippen LogP contribution in [0.1, 0.15) is 22.0 Å². The molecule has 2 heterocycles. The van der Waals surface area contributed by atoms with Gasteiger partial charge < -0.3 is 5.11 Å². The molecule has 6 heteroatoms. The van der Waals surface area contributed by atoms with Crippen LogP contribution >= 0.6 is 0 Å². The Morgan fingerprint density at radius 3 is 2.62 bits per heavy atom. The van der Waals surface area contributed by atoms with Crippen LogP contribution in [-0.4, -0.2) is 30.8 Å². The largest absolute Gasteiger partial charge is 0.475 e. The van der Waals surface area contributed by atoms with E-state index in [9.17, 15) is 4.79 Å². The molecular weight excluding hydrogens is 208 g/mol. The van der Waals surface area contributed by atoms with Crippen LogP contribution in [0.3, 0.4) is 0 Å². The van der Waals surface area contributed by atoms with E-state index < -0.39 is 5.97 Å². The van der Waals surface area contributed by atoms with Gasteiger partial charge in [-0.1, -0.05) is 0 Å². The Kier molecular flexibility index (Phi) is 2.40. The van der Waals surface area contributed by atoms with E-state index in [-0.39, 0.29) is 5.82 Å². The minimum Gasteiger partial charge on any atom is -0.475 e. The van der Waals surface area contributed by atoms with Crippen molar-refractivity contribution in [3.8, 4) is 5.82 Å². The predicted molar refractivity (Wildman–Crippen MR) is 55.6 cm³/mol. The van der Waals surface area contributed by atoms with Gasteiger partial charge in [-0.3, -0.25) is 0 Å². The zero-order valence-electron chi connectivity index (χ0n) is 8.88. The molecular formula is C10H10N4O2. The molecule has 0 atom stereocenters. The van der Waals surface area contributed by atoms with Gasteiger partial charge in [0.2, 0.25) is 5.82 Å². The quantitative estimate of drug-likeness (QED) is 0.812. The number of aromatic carboxylic acids is 1. The number of carboxylic acids is 1. The van der Waals surface area contributed by atoms with Crippen molar-refractivity contribution in [2.75, 3.05) is 0 Å². The van der Waals surface area contributed by atoms with Crippen molar-refractivity contribution in [3.63, 3.8) is 0 Å². The number of hydrogen-bond donors (Lipinski definition) is 1. The van der Waals surface area contributed by atoms with Crippen LogP contribution in [0, 0.1) is 13.8 Å². The molecule has 0 aliphatic heterocycles. The third kappa shape index (κ3) is 1.90. The van der Waals surface area contributed by atoms with Gasteiger partial charge in [0.15, 0.2) is 5.82 Å². The highest BCUT2D eigenvalue weighted by Crippen LogP contribution is 2.06. The molecule has 0 fully saturated rings. The zero-order chi connectivity index (χ0) is 11.7. The molecule has 0 unspecified atom stereocenters. The topological polar surface area (TPSA) is 80.9 Å². The molecule has 1 N–H and O–H groups in total. The van der Waals surface area contributed by atoms with Gasteiger partial charge in [-0.25, -0.2) is 19.4 Å². The van der Waals surface area contributed by atoms with Crippen molar-refractivity contribution >= 4 is 5.97 Å². The van der Waals surface area contributed by atoms with Gasteiger partial charge in [-0.2, -0.15) is 5.10 Å². The summed E-state index contributed by atoms with van der Waals surface area (Å²) in [5, 5.41) is 13.0. The first-order valence-electron chi connectivity index (χ1n) is 4.68. The third-order valence-electron chi connectivity index (χ3n) is 1.99. The number of carbonyl (C=O) groups is 1. The average Bonchev–Trinajstić information content (AvgIpc) is 2.64. The van der Waals surface area contributed by atoms with Gasteiger partial charge in [0, 0.05) is 18.0 Å². The summed E-state index contributed by atoms with van der Waals surface area (Å²) >= 11 is 0. The molecule has 0 amide bonds. The molecule has 0 saturated carbocycles. The van der Waals surface area contributed by atoms with Gasteiger partial charge in [-0.05, 0) is 19.9 Å². The van der Waals surface area contributed by atoms with E-state index in [1.165, 1.54) is 4.68 Å². The Bertz CT molecular complexity index is 548. The monoisotopic (exact) mass is 218 g/mol. The van der Waals surface area contributed by atoms with E-state index in [0.717, 1.165) is 5.69 Å². The van der Waals surface area contributed by atoms with Crippen molar-refractivity contribution in [1.82, 2.24) is 19.7 Å². The summed E-state index contributed by atoms with van der Waals surface area (Å²) in [7, 11) is 0. The standard InChI is InChI=1S/C10H10N4O2/c1-6-3-4-14(13-6)8-5-7(2)11-9(12-8)10(15)16/h3-5H,1-2H3,(H,15,16). The molecule has 2 aromatic heterocycles. The normalized spacial score (nSPS) is 10.4. The molecule has 0 aliphatic rings. The third-order valence-corrected chi connectivity index (χ3v) is 1.99. The molecule has 2 rings (SSSR count). The molecule has 0 aliphatic carbocycles. The second kappa shape index (κ2) is 3.73. The van der Waals surface area contributed by atoms with Crippen molar-refractivity contribution in [2.45, 2.75) is 13.8 Å². The van der Waals surface area contributed by atoms with Crippen LogP contribution in [-0.2, 0) is 0 Å². The van der Waals surface area contributed by atoms with Gasteiger partial charge >= 0.3 is 5.97 Å². The summed E-state index contributed by atoms with van der Waals surface area (Å²) in [5.74, 6) is -0.907. The zero-order valence-corrected chi connectivity index (χ0v) is 8.88. The molecule has 0 saturated heterocycles. The van der Waals surface area contributed by atoms with E-state index in [1.807, 2.05) is 13.0 Å². The number of carboxylic acid groups (broad SMARTS) is 1. The van der Waals surface area contributed by atoms with E-state index in [4.69, 9.17) is 5.11 Å². The van der Waals surface area contributed by atoms with Crippen LogP contribution in [0.5, 0.6) is 0 Å². The van der Waals surface area contributed by atoms with Crippen LogP contribution < -0.4 is 0 Å². The van der Waals surface area contributed by atoms with Crippen molar-refractivity contribution in [2.24, 2.45) is 0 Å². The van der Waals surface area contributed by atoms with Crippen LogP contribution in [0.4, 0.5) is 0 Å². The smallest absolute Gasteiger partial charge is 0.374 e. The fourth-order valence-corrected chi connectivity index (χ4v) is 1.31. The fraction of sp³-hybridized carbons (Fsp3) is 0.200. The summed E-state index contributed by atoms with van der Waals surface area (Å²) in [4.78, 5) is 18.5. The van der Waals surface area contributed by atoms with Crippen molar-refractivity contribution in [3.05, 3.63) is 35.5 Å². The molecule has 0 aromatic carbocycles. The minimum absolute atomic E-state index is 0.219. The summed E-state index contributed by atoms with van der Waals surface area (Å²) in [6.07, 6.45) is 1.72. The Morgan fingerprint density at radius 2 is 2.06 bits per heavy atom. The van der Waals surface area contributed by atoms with Crippen LogP contribution in [0.2, 0.25) is 0 Å². The van der Waals surface area contributed by atoms with E-state index in [1.54, 1.807) is 19.2 Å². The second-order valence-corrected chi connectivity index (χ2v) is 3.40. The summed E-state index contributed by atoms with van der Waals surface area (Å²) < 4.78 is 1.52. The van der Waals surface area contributed by atoms with Gasteiger partial charge in [-0.15, -0.1) is 0 Å². The highest BCUT2D eigenvalue weighted by molar-refractivity contribution is 5.83. The lowest BCUT2D eigenvalue weighted by Gasteiger charge is -2.02. The van der Waals surface area contributed by atoms with Crippen LogP contribution in [0.15, 0.2) is 18.3 Å². The van der Waals surface area contributed by atoms with E-state index in [2.05, 4.69) is 15.1 Å². The van der Waals surface area contributed by atoms with Crippen LogP contribution in [0.25, 0.3) is 5.82 Å². The Hall–Kier alpha value is -2.24. The first kappa shape index (κ1) is 10.3. The molecule has 0 spiro atoms. The Morgan fingerprint density at radius 1 is 1.31 bits per heavy atom. The van der Waals surface area contributed by atoms with Gasteiger partial charge in [0.1, 0.15) is 0 Å². The number of rotatable bonds is 2. The minimum atomic E-state index is -1.14. The number of aromatic nitrogens is 4. The molecule has 82 valence electrons. The summed E-state index contributed by atoms with van der Waals surface area (Å²) in [6.45, 7) is 3.57. The maximum atomic E-state index is 10.8. The maximum Gasteiger partial charge on any atom is 0.374 e. The average molecular weight is 218 g/mol. The number of aryl methyl sites for hydroxylation is 2. The molecule has 2 aromatic rings. The predicted octanol–water partition coefficient (Wildman–Crippen LogP) is 0.977. The first-order valence-corrected chi connectivity index (χ1v) is 4.68. The molecule has 16 heavy (non-hydrogen) atoms. The van der Waals surface area contributed by atoms with Crippen molar-refractivity contribution < 1.29 is 9.90 Å². The van der Waals surface area contributed by atoms with Gasteiger partial charge in [0.25, 0.3) is 0 Å². The molecule has 0 radical (unpaired) electrons. The highest BCUT2D eigenvalue weighted by atomic mass is 16.4. The lowest BCUT2D eigenvalue weighted by Crippen LogP contribution is -2.09. The fourth-order valence-electron chi connectivity index (χ4n) is 1.31.